The highest BCUT2D eigenvalue weighted by atomic mass is 32.2. The van der Waals surface area contributed by atoms with Crippen LogP contribution in [0.2, 0.25) is 0 Å². The second kappa shape index (κ2) is 9.01. The molecule has 1 N–H and O–H groups in total. The molecule has 2 aromatic heterocycles. The summed E-state index contributed by atoms with van der Waals surface area (Å²) in [5, 5.41) is 18.1. The van der Waals surface area contributed by atoms with Gasteiger partial charge >= 0.3 is 6.18 Å². The summed E-state index contributed by atoms with van der Waals surface area (Å²) in [4.78, 5) is 2.27. The number of alkyl halides is 3. The van der Waals surface area contributed by atoms with Crippen molar-refractivity contribution in [1.82, 2.24) is 19.9 Å². The van der Waals surface area contributed by atoms with Crippen LogP contribution in [-0.2, 0) is 42.6 Å². The van der Waals surface area contributed by atoms with Gasteiger partial charge in [0.1, 0.15) is 10.5 Å². The normalized spacial score (nSPS) is 24.6. The van der Waals surface area contributed by atoms with Crippen molar-refractivity contribution in [3.05, 3.63) is 32.8 Å². The molecule has 1 spiro atoms. The van der Waals surface area contributed by atoms with Crippen LogP contribution in [-0.4, -0.2) is 56.2 Å². The highest BCUT2D eigenvalue weighted by molar-refractivity contribution is 7.98. The quantitative estimate of drug-likeness (QED) is 0.687. The van der Waals surface area contributed by atoms with Crippen molar-refractivity contribution < 1.29 is 23.0 Å². The van der Waals surface area contributed by atoms with Crippen LogP contribution in [0, 0.1) is 0 Å². The van der Waals surface area contributed by atoms with Gasteiger partial charge in [0.25, 0.3) is 0 Å². The monoisotopic (exact) mass is 476 g/mol. The van der Waals surface area contributed by atoms with Gasteiger partial charge in [0, 0.05) is 41.5 Å². The van der Waals surface area contributed by atoms with E-state index in [0.717, 1.165) is 29.3 Å². The molecule has 1 saturated heterocycles. The highest BCUT2D eigenvalue weighted by Crippen LogP contribution is 2.51. The number of hydrogen-bond donors (Lipinski definition) is 1. The van der Waals surface area contributed by atoms with E-state index in [0.29, 0.717) is 49.4 Å². The Hall–Kier alpha value is -1.14. The van der Waals surface area contributed by atoms with Gasteiger partial charge in [-0.3, -0.25) is 9.58 Å². The third-order valence-corrected chi connectivity index (χ3v) is 8.30. The summed E-state index contributed by atoms with van der Waals surface area (Å²) in [7, 11) is 0. The molecule has 4 heterocycles. The smallest absolute Gasteiger partial charge is 0.392 e. The summed E-state index contributed by atoms with van der Waals surface area (Å²) in [5.74, 6) is 0.974. The van der Waals surface area contributed by atoms with Crippen LogP contribution in [0.4, 0.5) is 13.2 Å². The summed E-state index contributed by atoms with van der Waals surface area (Å²) < 4.78 is 48.7. The minimum Gasteiger partial charge on any atom is -0.392 e. The van der Waals surface area contributed by atoms with Crippen LogP contribution >= 0.6 is 23.1 Å². The first kappa shape index (κ1) is 23.0. The zero-order valence-electron chi connectivity index (χ0n) is 17.6. The lowest BCUT2D eigenvalue weighted by Gasteiger charge is -2.47. The van der Waals surface area contributed by atoms with E-state index >= 15 is 0 Å². The summed E-state index contributed by atoms with van der Waals surface area (Å²) in [6.45, 7) is 4.04. The number of halogens is 3. The third kappa shape index (κ3) is 4.52. The predicted octanol–water partition coefficient (Wildman–Crippen LogP) is 3.67. The maximum Gasteiger partial charge on any atom is 0.425 e. The molecule has 2 aliphatic heterocycles. The largest absolute Gasteiger partial charge is 0.425 e. The zero-order valence-corrected chi connectivity index (χ0v) is 19.2. The third-order valence-electron chi connectivity index (χ3n) is 6.20. The molecule has 172 valence electrons. The zero-order chi connectivity index (χ0) is 22.2. The van der Waals surface area contributed by atoms with Crippen LogP contribution in [0.5, 0.6) is 0 Å². The Kier molecular flexibility index (Phi) is 6.69. The Morgan fingerprint density at radius 2 is 2.23 bits per heavy atom. The number of thiophene rings is 1. The molecule has 11 heteroatoms. The van der Waals surface area contributed by atoms with E-state index in [1.165, 1.54) is 0 Å². The van der Waals surface area contributed by atoms with Gasteiger partial charge in [0.05, 0.1) is 25.5 Å². The number of aliphatic hydroxyl groups excluding tert-OH is 1. The number of ether oxygens (including phenoxy) is 1. The van der Waals surface area contributed by atoms with E-state index in [9.17, 15) is 18.3 Å². The average molecular weight is 477 g/mol. The molecule has 2 atom stereocenters. The number of piperidine rings is 1. The second-order valence-corrected chi connectivity index (χ2v) is 10.2. The number of thioether (sulfide) groups is 1. The minimum absolute atomic E-state index is 0.0344. The molecule has 4 rings (SSSR count). The van der Waals surface area contributed by atoms with Crippen molar-refractivity contribution in [2.75, 3.05) is 25.2 Å². The van der Waals surface area contributed by atoms with E-state index in [1.54, 1.807) is 11.8 Å². The molecule has 2 aliphatic rings. The molecule has 0 radical (unpaired) electrons. The average Bonchev–Trinajstić information content (AvgIpc) is 3.33. The van der Waals surface area contributed by atoms with Gasteiger partial charge in [-0.05, 0) is 38.0 Å². The molecular weight excluding hydrogens is 449 g/mol. The molecule has 0 aliphatic carbocycles. The molecule has 0 saturated carbocycles. The summed E-state index contributed by atoms with van der Waals surface area (Å²) >= 11 is 2.52. The number of hydrogen-bond acceptors (Lipinski definition) is 7. The summed E-state index contributed by atoms with van der Waals surface area (Å²) in [6, 6.07) is 0.116. The molecular formula is C20H27F3N4O2S2. The van der Waals surface area contributed by atoms with Crippen molar-refractivity contribution >= 4 is 23.1 Å². The van der Waals surface area contributed by atoms with E-state index in [1.807, 2.05) is 10.9 Å². The number of aryl methyl sites for hydroxylation is 1. The van der Waals surface area contributed by atoms with Crippen molar-refractivity contribution in [2.24, 2.45) is 0 Å². The molecule has 0 amide bonds. The van der Waals surface area contributed by atoms with E-state index in [4.69, 9.17) is 4.74 Å². The van der Waals surface area contributed by atoms with E-state index < -0.39 is 23.3 Å². The lowest BCUT2D eigenvalue weighted by Crippen LogP contribution is -2.50. The molecule has 2 aromatic rings. The molecule has 0 bridgehead atoms. The number of likely N-dealkylation sites (tertiary alicyclic amines) is 1. The van der Waals surface area contributed by atoms with E-state index in [-0.39, 0.29) is 11.6 Å². The Balaban J connectivity index is 1.52. The maximum atomic E-state index is 13.6. The van der Waals surface area contributed by atoms with Crippen molar-refractivity contribution in [3.8, 4) is 0 Å². The molecule has 1 unspecified atom stereocenters. The summed E-state index contributed by atoms with van der Waals surface area (Å²) in [5.41, 5.74) is 0.861. The lowest BCUT2D eigenvalue weighted by molar-refractivity contribution is -0.135. The van der Waals surface area contributed by atoms with Crippen LogP contribution in [0.3, 0.4) is 0 Å². The Labute approximate surface area is 187 Å². The van der Waals surface area contributed by atoms with Gasteiger partial charge in [-0.15, -0.1) is 16.4 Å². The van der Waals surface area contributed by atoms with Gasteiger partial charge in [-0.2, -0.15) is 24.9 Å². The van der Waals surface area contributed by atoms with Crippen LogP contribution < -0.4 is 0 Å². The van der Waals surface area contributed by atoms with Crippen LogP contribution in [0.1, 0.15) is 46.3 Å². The standard InChI is InChI=1S/C20H27F3N4O2S2/c1-13-9-19(4-5-26(13)10-14-11-27(25-24-14)6-8-30-2)17-15(3-7-29-19)16(12-28)18(31-17)20(21,22)23/h11,13,28H,3-10,12H2,1-2H3/t13-,19?/m0/s1. The Morgan fingerprint density at radius 1 is 1.42 bits per heavy atom. The Morgan fingerprint density at radius 3 is 2.90 bits per heavy atom. The lowest BCUT2D eigenvalue weighted by atomic mass is 9.81. The van der Waals surface area contributed by atoms with Crippen molar-refractivity contribution in [1.29, 1.82) is 0 Å². The topological polar surface area (TPSA) is 63.4 Å². The second-order valence-electron chi connectivity index (χ2n) is 8.21. The van der Waals surface area contributed by atoms with Crippen molar-refractivity contribution in [2.45, 2.75) is 63.7 Å². The number of aliphatic hydroxyl groups is 1. The maximum absolute atomic E-state index is 13.6. The summed E-state index contributed by atoms with van der Waals surface area (Å²) in [6.07, 6.45) is 1.20. The Bertz CT molecular complexity index is 917. The van der Waals surface area contributed by atoms with Crippen LogP contribution in [0.25, 0.3) is 0 Å². The molecule has 6 nitrogen and oxygen atoms in total. The van der Waals surface area contributed by atoms with Gasteiger partial charge in [-0.25, -0.2) is 0 Å². The molecule has 1 fully saturated rings. The molecule has 0 aromatic carbocycles. The van der Waals surface area contributed by atoms with Crippen molar-refractivity contribution in [3.63, 3.8) is 0 Å². The SMILES string of the molecule is CSCCn1cc(CN2CCC3(C[C@@H]2C)OCCc2c3sc(C(F)(F)F)c2CO)nn1. The first-order valence-electron chi connectivity index (χ1n) is 10.4. The highest BCUT2D eigenvalue weighted by Gasteiger charge is 2.48. The van der Waals surface area contributed by atoms with Gasteiger partial charge in [0.2, 0.25) is 0 Å². The predicted molar refractivity (Wildman–Crippen MR) is 114 cm³/mol. The first-order valence-corrected chi connectivity index (χ1v) is 12.6. The fourth-order valence-electron chi connectivity index (χ4n) is 4.68. The number of fused-ring (bicyclic) bond motifs is 2. The molecule has 31 heavy (non-hydrogen) atoms. The van der Waals surface area contributed by atoms with Gasteiger partial charge in [-0.1, -0.05) is 5.21 Å². The number of rotatable bonds is 6. The van der Waals surface area contributed by atoms with Crippen LogP contribution in [0.15, 0.2) is 6.20 Å². The minimum atomic E-state index is -4.46. The van der Waals surface area contributed by atoms with E-state index in [2.05, 4.69) is 28.4 Å². The van der Waals surface area contributed by atoms with Gasteiger partial charge < -0.3 is 9.84 Å². The fraction of sp³-hybridized carbons (Fsp3) is 0.700. The number of nitrogens with zero attached hydrogens (tertiary/aromatic N) is 4. The first-order chi connectivity index (χ1) is 14.8. The fourth-order valence-corrected chi connectivity index (χ4v) is 6.46. The number of aromatic nitrogens is 3. The van der Waals surface area contributed by atoms with Gasteiger partial charge in [0.15, 0.2) is 0 Å².